The van der Waals surface area contributed by atoms with E-state index in [-0.39, 0.29) is 36.5 Å². The smallest absolute Gasteiger partial charge is 0.393 e. The third kappa shape index (κ3) is 7.27. The molecule has 1 aliphatic carbocycles. The number of hydrogen-bond donors (Lipinski definition) is 1. The Hall–Kier alpha value is -1.63. The molecule has 37 heavy (non-hydrogen) atoms. The number of alkyl halides is 4. The molecule has 1 aromatic carbocycles. The van der Waals surface area contributed by atoms with Crippen LogP contribution in [0.4, 0.5) is 17.6 Å². The summed E-state index contributed by atoms with van der Waals surface area (Å²) in [7, 11) is -3.84. The van der Waals surface area contributed by atoms with E-state index in [0.29, 0.717) is 43.8 Å². The van der Waals surface area contributed by atoms with Gasteiger partial charge in [0.2, 0.25) is 10.0 Å². The number of sulfonamides is 1. The summed E-state index contributed by atoms with van der Waals surface area (Å²) in [6.45, 7) is 3.71. The summed E-state index contributed by atoms with van der Waals surface area (Å²) in [4.78, 5) is 12.3. The second-order valence-corrected chi connectivity index (χ2v) is 13.2. The van der Waals surface area contributed by atoms with Gasteiger partial charge in [-0.3, -0.25) is 4.79 Å². The number of hydrazine groups is 1. The van der Waals surface area contributed by atoms with Gasteiger partial charge in [-0.1, -0.05) is 6.92 Å². The molecule has 13 heteroatoms. The van der Waals surface area contributed by atoms with E-state index in [1.165, 1.54) is 6.07 Å². The van der Waals surface area contributed by atoms with Crippen LogP contribution >= 0.6 is 11.6 Å². The average molecular weight is 570 g/mol. The minimum absolute atomic E-state index is 0.0739. The zero-order chi connectivity index (χ0) is 27.2. The van der Waals surface area contributed by atoms with Crippen LogP contribution in [0.25, 0.3) is 0 Å². The minimum atomic E-state index is -4.28. The maximum Gasteiger partial charge on any atom is 0.393 e. The largest absolute Gasteiger partial charge is 0.493 e. The van der Waals surface area contributed by atoms with Gasteiger partial charge in [0.1, 0.15) is 11.6 Å². The molecule has 1 amide bonds. The topological polar surface area (TPSA) is 78.9 Å². The van der Waals surface area contributed by atoms with Crippen molar-refractivity contribution in [1.82, 2.24) is 14.7 Å². The van der Waals surface area contributed by atoms with Gasteiger partial charge in [0.15, 0.2) is 0 Å². The first-order valence-corrected chi connectivity index (χ1v) is 14.7. The Morgan fingerprint density at radius 1 is 1.19 bits per heavy atom. The van der Waals surface area contributed by atoms with Crippen LogP contribution in [-0.2, 0) is 10.0 Å². The monoisotopic (exact) mass is 569 g/mol. The van der Waals surface area contributed by atoms with Gasteiger partial charge in [-0.05, 0) is 49.7 Å². The number of nitrogens with zero attached hydrogens (tertiary/aromatic N) is 2. The number of ether oxygens (including phenoxy) is 1. The molecule has 2 heterocycles. The quantitative estimate of drug-likeness (QED) is 0.390. The zero-order valence-corrected chi connectivity index (χ0v) is 22.4. The molecule has 0 radical (unpaired) electrons. The molecular formula is C24H32ClF4N3O4S. The molecular weight excluding hydrogens is 538 g/mol. The number of rotatable bonds is 7. The lowest BCUT2D eigenvalue weighted by molar-refractivity contribution is -0.204. The van der Waals surface area contributed by atoms with Crippen LogP contribution in [0.3, 0.4) is 0 Å². The van der Waals surface area contributed by atoms with Gasteiger partial charge in [0.25, 0.3) is 5.91 Å². The van der Waals surface area contributed by atoms with E-state index in [1.807, 2.05) is 11.9 Å². The molecule has 3 aliphatic rings. The van der Waals surface area contributed by atoms with Crippen molar-refractivity contribution in [3.63, 3.8) is 0 Å². The second-order valence-electron chi connectivity index (χ2n) is 10.8. The lowest BCUT2D eigenvalue weighted by Crippen LogP contribution is -2.57. The molecule has 2 saturated heterocycles. The van der Waals surface area contributed by atoms with Gasteiger partial charge in [0.05, 0.1) is 24.3 Å². The van der Waals surface area contributed by atoms with Gasteiger partial charge in [-0.25, -0.2) is 27.5 Å². The van der Waals surface area contributed by atoms with Crippen LogP contribution in [0.1, 0.15) is 60.9 Å². The van der Waals surface area contributed by atoms with Gasteiger partial charge in [0, 0.05) is 43.0 Å². The Morgan fingerprint density at radius 3 is 2.41 bits per heavy atom. The maximum atomic E-state index is 14.8. The van der Waals surface area contributed by atoms with Crippen molar-refractivity contribution in [3.8, 4) is 5.75 Å². The van der Waals surface area contributed by atoms with Gasteiger partial charge >= 0.3 is 6.18 Å². The molecule has 0 spiro atoms. The second kappa shape index (κ2) is 10.5. The fourth-order valence-electron chi connectivity index (χ4n) is 5.00. The van der Waals surface area contributed by atoms with Crippen molar-refractivity contribution in [3.05, 3.63) is 29.1 Å². The predicted octanol–water partition coefficient (Wildman–Crippen LogP) is 4.28. The van der Waals surface area contributed by atoms with E-state index in [9.17, 15) is 30.8 Å². The highest BCUT2D eigenvalue weighted by Gasteiger charge is 2.46. The van der Waals surface area contributed by atoms with E-state index in [1.54, 1.807) is 9.73 Å². The molecule has 2 atom stereocenters. The third-order valence-electron chi connectivity index (χ3n) is 7.41. The minimum Gasteiger partial charge on any atom is -0.493 e. The molecule has 1 aromatic rings. The SMILES string of the molecule is CC1(COc2cc(F)c(C(=O)NS(C)(=O)=O)cc2C2CC2)CCN(N2CC(Cl)CC(C(F)(F)F)C2)CC1. The highest BCUT2D eigenvalue weighted by molar-refractivity contribution is 7.89. The number of amides is 1. The standard InChI is InChI=1S/C24H32ClF4N3O4S/c1-23(5-7-31(8-6-23)32-12-16(24(27,28)29)9-17(25)13-32)14-36-21-11-20(26)19(10-18(21)15-3-4-15)22(33)30-37(2,34)35/h10-11,15-17H,3-9,12-14H2,1-2H3,(H,30,33). The highest BCUT2D eigenvalue weighted by Crippen LogP contribution is 2.46. The number of benzene rings is 1. The predicted molar refractivity (Wildman–Crippen MR) is 130 cm³/mol. The Kier molecular flexibility index (Phi) is 8.05. The summed E-state index contributed by atoms with van der Waals surface area (Å²) in [5, 5.41) is 3.11. The van der Waals surface area contributed by atoms with E-state index < -0.39 is 39.2 Å². The van der Waals surface area contributed by atoms with Gasteiger partial charge < -0.3 is 4.74 Å². The number of halogens is 5. The fourth-order valence-corrected chi connectivity index (χ4v) is 5.83. The molecule has 208 valence electrons. The van der Waals surface area contributed by atoms with Crippen LogP contribution in [0, 0.1) is 17.2 Å². The molecule has 7 nitrogen and oxygen atoms in total. The Bertz CT molecular complexity index is 1120. The summed E-state index contributed by atoms with van der Waals surface area (Å²) in [5.74, 6) is -2.91. The summed E-state index contributed by atoms with van der Waals surface area (Å²) in [6.07, 6.45) is -0.473. The van der Waals surface area contributed by atoms with E-state index >= 15 is 0 Å². The Balaban J connectivity index is 1.39. The lowest BCUT2D eigenvalue weighted by atomic mass is 9.81. The summed E-state index contributed by atoms with van der Waals surface area (Å²) in [6, 6.07) is 2.50. The number of nitrogens with one attached hydrogen (secondary N) is 1. The molecule has 1 saturated carbocycles. The van der Waals surface area contributed by atoms with Crippen molar-refractivity contribution in [2.75, 3.05) is 39.0 Å². The number of carbonyl (C=O) groups is 1. The lowest BCUT2D eigenvalue weighted by Gasteiger charge is -2.47. The first-order valence-electron chi connectivity index (χ1n) is 12.3. The first kappa shape index (κ1) is 28.4. The van der Waals surface area contributed by atoms with Gasteiger partial charge in [-0.15, -0.1) is 11.6 Å². The molecule has 1 N–H and O–H groups in total. The Morgan fingerprint density at radius 2 is 1.84 bits per heavy atom. The van der Waals surface area contributed by atoms with Crippen LogP contribution in [-0.4, -0.2) is 74.9 Å². The van der Waals surface area contributed by atoms with Crippen LogP contribution in [0.5, 0.6) is 5.75 Å². The highest BCUT2D eigenvalue weighted by atomic mass is 35.5. The van der Waals surface area contributed by atoms with Crippen molar-refractivity contribution < 1.29 is 35.5 Å². The van der Waals surface area contributed by atoms with Crippen LogP contribution in [0.15, 0.2) is 12.1 Å². The van der Waals surface area contributed by atoms with Crippen LogP contribution < -0.4 is 9.46 Å². The molecule has 0 aromatic heterocycles. The zero-order valence-electron chi connectivity index (χ0n) is 20.8. The molecule has 0 bridgehead atoms. The number of hydrogen-bond acceptors (Lipinski definition) is 6. The maximum absolute atomic E-state index is 14.8. The van der Waals surface area contributed by atoms with Crippen molar-refractivity contribution in [2.45, 2.75) is 56.5 Å². The summed E-state index contributed by atoms with van der Waals surface area (Å²) >= 11 is 6.15. The van der Waals surface area contributed by atoms with Crippen molar-refractivity contribution in [2.24, 2.45) is 11.3 Å². The molecule has 2 unspecified atom stereocenters. The van der Waals surface area contributed by atoms with E-state index in [4.69, 9.17) is 16.3 Å². The molecule has 2 aliphatic heterocycles. The summed E-state index contributed by atoms with van der Waals surface area (Å²) in [5.41, 5.74) is 0.0379. The van der Waals surface area contributed by atoms with Gasteiger partial charge in [-0.2, -0.15) is 13.2 Å². The van der Waals surface area contributed by atoms with E-state index in [0.717, 1.165) is 25.2 Å². The van der Waals surface area contributed by atoms with Crippen LogP contribution in [0.2, 0.25) is 0 Å². The first-order chi connectivity index (χ1) is 17.1. The number of carbonyl (C=O) groups excluding carboxylic acids is 1. The van der Waals surface area contributed by atoms with Crippen molar-refractivity contribution >= 4 is 27.5 Å². The molecule has 4 rings (SSSR count). The Labute approximate surface area is 219 Å². The number of piperidine rings is 2. The average Bonchev–Trinajstić information content (AvgIpc) is 3.61. The fraction of sp³-hybridized carbons (Fsp3) is 0.708. The summed E-state index contributed by atoms with van der Waals surface area (Å²) < 4.78 is 85.3. The molecule has 3 fully saturated rings. The third-order valence-corrected chi connectivity index (χ3v) is 8.28. The normalized spacial score (nSPS) is 25.6. The van der Waals surface area contributed by atoms with Crippen molar-refractivity contribution in [1.29, 1.82) is 0 Å². The van der Waals surface area contributed by atoms with E-state index in [2.05, 4.69) is 0 Å².